The minimum absolute atomic E-state index is 0.812. The van der Waals surface area contributed by atoms with Crippen molar-refractivity contribution in [2.24, 2.45) is 7.05 Å². The van der Waals surface area contributed by atoms with Crippen LogP contribution < -0.4 is 10.1 Å². The zero-order chi connectivity index (χ0) is 14.5. The van der Waals surface area contributed by atoms with Crippen molar-refractivity contribution in [1.29, 1.82) is 0 Å². The first-order valence-electron chi connectivity index (χ1n) is 6.45. The van der Waals surface area contributed by atoms with Gasteiger partial charge in [0.1, 0.15) is 11.6 Å². The van der Waals surface area contributed by atoms with Crippen molar-refractivity contribution in [3.8, 4) is 5.75 Å². The molecule has 5 nitrogen and oxygen atoms in total. The van der Waals surface area contributed by atoms with Gasteiger partial charge in [-0.1, -0.05) is 17.8 Å². The van der Waals surface area contributed by atoms with E-state index in [1.54, 1.807) is 18.9 Å². The Morgan fingerprint density at radius 2 is 2.15 bits per heavy atom. The lowest BCUT2D eigenvalue weighted by atomic mass is 10.1. The summed E-state index contributed by atoms with van der Waals surface area (Å²) >= 11 is 1.67. The van der Waals surface area contributed by atoms with Crippen molar-refractivity contribution in [3.63, 3.8) is 0 Å². The van der Waals surface area contributed by atoms with Crippen LogP contribution in [0, 0.1) is 6.92 Å². The largest absolute Gasteiger partial charge is 0.496 e. The molecule has 2 aromatic rings. The maximum absolute atomic E-state index is 5.43. The van der Waals surface area contributed by atoms with Crippen molar-refractivity contribution in [2.75, 3.05) is 14.2 Å². The number of hydrogen-bond donors (Lipinski definition) is 1. The lowest BCUT2D eigenvalue weighted by molar-refractivity contribution is 0.411. The number of methoxy groups -OCH3 is 1. The number of ether oxygens (including phenoxy) is 1. The van der Waals surface area contributed by atoms with E-state index in [2.05, 4.69) is 27.6 Å². The average molecular weight is 292 g/mol. The molecule has 0 bridgehead atoms. The van der Waals surface area contributed by atoms with Gasteiger partial charge >= 0.3 is 0 Å². The van der Waals surface area contributed by atoms with Gasteiger partial charge in [0.15, 0.2) is 5.16 Å². The van der Waals surface area contributed by atoms with Gasteiger partial charge < -0.3 is 14.6 Å². The third-order valence-corrected chi connectivity index (χ3v) is 4.20. The van der Waals surface area contributed by atoms with E-state index in [0.29, 0.717) is 0 Å². The SMILES string of the molecule is CNCc1ccc(OC)c(CSc2nnc(C)n2C)c1. The second-order valence-corrected chi connectivity index (χ2v) is 5.50. The Labute approximate surface area is 123 Å². The molecular weight excluding hydrogens is 272 g/mol. The number of benzene rings is 1. The van der Waals surface area contributed by atoms with Crippen LogP contribution in [-0.4, -0.2) is 28.9 Å². The van der Waals surface area contributed by atoms with Crippen molar-refractivity contribution < 1.29 is 4.74 Å². The van der Waals surface area contributed by atoms with Crippen molar-refractivity contribution in [3.05, 3.63) is 35.2 Å². The Morgan fingerprint density at radius 1 is 1.35 bits per heavy atom. The van der Waals surface area contributed by atoms with Crippen LogP contribution in [0.2, 0.25) is 0 Å². The minimum atomic E-state index is 0.812. The smallest absolute Gasteiger partial charge is 0.191 e. The van der Waals surface area contributed by atoms with Gasteiger partial charge in [0, 0.05) is 24.9 Å². The molecule has 0 saturated heterocycles. The number of aromatic nitrogens is 3. The summed E-state index contributed by atoms with van der Waals surface area (Å²) in [6.45, 7) is 2.80. The highest BCUT2D eigenvalue weighted by molar-refractivity contribution is 7.98. The second kappa shape index (κ2) is 6.76. The third-order valence-electron chi connectivity index (χ3n) is 3.14. The fourth-order valence-corrected chi connectivity index (χ4v) is 2.85. The summed E-state index contributed by atoms with van der Waals surface area (Å²) in [5.41, 5.74) is 2.42. The fraction of sp³-hybridized carbons (Fsp3) is 0.429. The van der Waals surface area contributed by atoms with Gasteiger partial charge in [-0.25, -0.2) is 0 Å². The molecule has 0 radical (unpaired) electrons. The Morgan fingerprint density at radius 3 is 2.75 bits per heavy atom. The molecule has 0 fully saturated rings. The number of hydrogen-bond acceptors (Lipinski definition) is 5. The van der Waals surface area contributed by atoms with Crippen LogP contribution >= 0.6 is 11.8 Å². The first-order chi connectivity index (χ1) is 9.65. The summed E-state index contributed by atoms with van der Waals surface area (Å²) in [5.74, 6) is 2.65. The molecule has 20 heavy (non-hydrogen) atoms. The monoisotopic (exact) mass is 292 g/mol. The average Bonchev–Trinajstić information content (AvgIpc) is 2.77. The quantitative estimate of drug-likeness (QED) is 0.827. The molecular formula is C14H20N4OS. The number of thioether (sulfide) groups is 1. The lowest BCUT2D eigenvalue weighted by Crippen LogP contribution is -2.05. The second-order valence-electron chi connectivity index (χ2n) is 4.55. The van der Waals surface area contributed by atoms with Crippen LogP contribution in [0.4, 0.5) is 0 Å². The highest BCUT2D eigenvalue weighted by Crippen LogP contribution is 2.28. The predicted molar refractivity (Wildman–Crippen MR) is 81.1 cm³/mol. The van der Waals surface area contributed by atoms with E-state index in [1.807, 2.05) is 31.7 Å². The molecule has 108 valence electrons. The Bertz CT molecular complexity index is 583. The van der Waals surface area contributed by atoms with E-state index in [-0.39, 0.29) is 0 Å². The van der Waals surface area contributed by atoms with Gasteiger partial charge in [-0.05, 0) is 31.7 Å². The normalized spacial score (nSPS) is 10.8. The highest BCUT2D eigenvalue weighted by atomic mass is 32.2. The summed E-state index contributed by atoms with van der Waals surface area (Å²) in [6.07, 6.45) is 0. The van der Waals surface area contributed by atoms with Gasteiger partial charge in [-0.15, -0.1) is 10.2 Å². The standard InChI is InChI=1S/C14H20N4OS/c1-10-16-17-14(18(10)3)20-9-12-7-11(8-15-2)5-6-13(12)19-4/h5-7,15H,8-9H2,1-4H3. The Balaban J connectivity index is 2.14. The van der Waals surface area contributed by atoms with Gasteiger partial charge in [-0.2, -0.15) is 0 Å². The van der Waals surface area contributed by atoms with Gasteiger partial charge in [0.25, 0.3) is 0 Å². The van der Waals surface area contributed by atoms with Crippen molar-refractivity contribution in [2.45, 2.75) is 24.4 Å². The van der Waals surface area contributed by atoms with E-state index >= 15 is 0 Å². The maximum atomic E-state index is 5.43. The molecule has 0 atom stereocenters. The molecule has 1 heterocycles. The number of aryl methyl sites for hydroxylation is 1. The summed E-state index contributed by atoms with van der Waals surface area (Å²) in [6, 6.07) is 6.27. The van der Waals surface area contributed by atoms with Crippen LogP contribution in [0.25, 0.3) is 0 Å². The Kier molecular flexibility index (Phi) is 5.03. The summed E-state index contributed by atoms with van der Waals surface area (Å²) in [5, 5.41) is 12.3. The molecule has 0 aliphatic rings. The zero-order valence-electron chi connectivity index (χ0n) is 12.3. The van der Waals surface area contributed by atoms with Gasteiger partial charge in [0.2, 0.25) is 0 Å². The Hall–Kier alpha value is -1.53. The number of nitrogens with zero attached hydrogens (tertiary/aromatic N) is 3. The van der Waals surface area contributed by atoms with Crippen molar-refractivity contribution in [1.82, 2.24) is 20.1 Å². The van der Waals surface area contributed by atoms with Crippen LogP contribution in [0.15, 0.2) is 23.4 Å². The summed E-state index contributed by atoms with van der Waals surface area (Å²) in [4.78, 5) is 0. The lowest BCUT2D eigenvalue weighted by Gasteiger charge is -2.10. The number of nitrogens with one attached hydrogen (secondary N) is 1. The molecule has 0 aliphatic carbocycles. The zero-order valence-corrected chi connectivity index (χ0v) is 13.1. The van der Waals surface area contributed by atoms with E-state index in [9.17, 15) is 0 Å². The molecule has 0 amide bonds. The topological polar surface area (TPSA) is 52.0 Å². The first kappa shape index (κ1) is 14.9. The van der Waals surface area contributed by atoms with E-state index in [1.165, 1.54) is 11.1 Å². The molecule has 0 saturated carbocycles. The molecule has 1 N–H and O–H groups in total. The van der Waals surface area contributed by atoms with Gasteiger partial charge in [0.05, 0.1) is 7.11 Å². The van der Waals surface area contributed by atoms with Crippen LogP contribution in [0.5, 0.6) is 5.75 Å². The van der Waals surface area contributed by atoms with E-state index < -0.39 is 0 Å². The van der Waals surface area contributed by atoms with Crippen LogP contribution in [0.1, 0.15) is 17.0 Å². The molecule has 0 unspecified atom stereocenters. The van der Waals surface area contributed by atoms with Crippen LogP contribution in [-0.2, 0) is 19.3 Å². The molecule has 1 aromatic heterocycles. The minimum Gasteiger partial charge on any atom is -0.496 e. The molecule has 6 heteroatoms. The van der Waals surface area contributed by atoms with Gasteiger partial charge in [-0.3, -0.25) is 0 Å². The summed E-state index contributed by atoms with van der Waals surface area (Å²) < 4.78 is 7.42. The number of rotatable bonds is 6. The maximum Gasteiger partial charge on any atom is 0.191 e. The fourth-order valence-electron chi connectivity index (χ4n) is 1.91. The molecule has 2 rings (SSSR count). The first-order valence-corrected chi connectivity index (χ1v) is 7.43. The van der Waals surface area contributed by atoms with Crippen LogP contribution in [0.3, 0.4) is 0 Å². The third kappa shape index (κ3) is 3.32. The molecule has 0 aliphatic heterocycles. The van der Waals surface area contributed by atoms with E-state index in [0.717, 1.165) is 29.0 Å². The molecule has 0 spiro atoms. The predicted octanol–water partition coefficient (Wildman–Crippen LogP) is 2.14. The van der Waals surface area contributed by atoms with E-state index in [4.69, 9.17) is 4.74 Å². The summed E-state index contributed by atoms with van der Waals surface area (Å²) in [7, 11) is 5.63. The molecule has 1 aromatic carbocycles. The van der Waals surface area contributed by atoms with Crippen molar-refractivity contribution >= 4 is 11.8 Å². The highest BCUT2D eigenvalue weighted by Gasteiger charge is 2.09.